The lowest BCUT2D eigenvalue weighted by Gasteiger charge is -2.49. The summed E-state index contributed by atoms with van der Waals surface area (Å²) in [6.45, 7) is 0.983. The molecule has 1 aliphatic heterocycles. The Morgan fingerprint density at radius 2 is 1.80 bits per heavy atom. The molecule has 1 heterocycles. The van der Waals surface area contributed by atoms with Gasteiger partial charge in [-0.15, -0.1) is 0 Å². The van der Waals surface area contributed by atoms with E-state index in [1.807, 2.05) is 0 Å². The molecule has 3 unspecified atom stereocenters. The van der Waals surface area contributed by atoms with Crippen LogP contribution in [0.4, 0.5) is 0 Å². The van der Waals surface area contributed by atoms with Gasteiger partial charge in [-0.3, -0.25) is 4.79 Å². The third-order valence-corrected chi connectivity index (χ3v) is 6.94. The average molecular weight is 341 g/mol. The van der Waals surface area contributed by atoms with Crippen LogP contribution in [-0.2, 0) is 11.2 Å². The van der Waals surface area contributed by atoms with Crippen LogP contribution in [0.2, 0.25) is 0 Å². The van der Waals surface area contributed by atoms with Gasteiger partial charge in [0.2, 0.25) is 5.91 Å². The number of methoxy groups -OCH3 is 1. The van der Waals surface area contributed by atoms with Crippen molar-refractivity contribution in [1.82, 2.24) is 4.90 Å². The minimum absolute atomic E-state index is 0.318. The second-order valence-corrected chi connectivity index (χ2v) is 8.28. The monoisotopic (exact) mass is 341 g/mol. The summed E-state index contributed by atoms with van der Waals surface area (Å²) in [5, 5.41) is 0. The molecule has 136 valence electrons. The lowest BCUT2D eigenvalue weighted by Crippen LogP contribution is -2.55. The fourth-order valence-electron chi connectivity index (χ4n) is 5.23. The van der Waals surface area contributed by atoms with Gasteiger partial charge >= 0.3 is 0 Å². The molecule has 0 aromatic heterocycles. The van der Waals surface area contributed by atoms with E-state index in [2.05, 4.69) is 29.2 Å². The highest BCUT2D eigenvalue weighted by Crippen LogP contribution is 2.42. The number of carbonyl (C=O) groups is 1. The van der Waals surface area contributed by atoms with E-state index >= 15 is 0 Å². The van der Waals surface area contributed by atoms with Crippen molar-refractivity contribution in [2.24, 2.45) is 17.8 Å². The van der Waals surface area contributed by atoms with Crippen LogP contribution in [0, 0.1) is 17.8 Å². The first-order valence-electron chi connectivity index (χ1n) is 10.2. The van der Waals surface area contributed by atoms with Gasteiger partial charge in [0.1, 0.15) is 5.75 Å². The van der Waals surface area contributed by atoms with Gasteiger partial charge in [0, 0.05) is 18.5 Å². The number of ether oxygens (including phenoxy) is 1. The zero-order valence-electron chi connectivity index (χ0n) is 15.5. The van der Waals surface area contributed by atoms with Crippen LogP contribution in [-0.4, -0.2) is 30.5 Å². The van der Waals surface area contributed by atoms with Crippen LogP contribution in [0.25, 0.3) is 0 Å². The summed E-state index contributed by atoms with van der Waals surface area (Å²) in [7, 11) is 1.71. The first kappa shape index (κ1) is 16.9. The standard InChI is InChI=1S/C22H31NO2/c1-25-19-11-9-16(10-12-19)15-21-20-8-3-2-5-17(20)13-14-23(21)22(24)18-6-4-7-18/h9-12,17-18,20-21H,2-8,13-15H2,1H3. The van der Waals surface area contributed by atoms with Crippen LogP contribution < -0.4 is 4.74 Å². The molecule has 3 aliphatic rings. The number of hydrogen-bond acceptors (Lipinski definition) is 2. The third-order valence-electron chi connectivity index (χ3n) is 6.94. The lowest BCUT2D eigenvalue weighted by atomic mass is 9.69. The molecule has 1 aromatic rings. The molecule has 4 rings (SSSR count). The molecule has 0 spiro atoms. The molecule has 2 aliphatic carbocycles. The Morgan fingerprint density at radius 1 is 1.04 bits per heavy atom. The van der Waals surface area contributed by atoms with Crippen molar-refractivity contribution in [2.45, 2.75) is 63.8 Å². The minimum Gasteiger partial charge on any atom is -0.497 e. The number of fused-ring (bicyclic) bond motifs is 1. The maximum Gasteiger partial charge on any atom is 0.225 e. The molecular formula is C22H31NO2. The summed E-state index contributed by atoms with van der Waals surface area (Å²) >= 11 is 0. The summed E-state index contributed by atoms with van der Waals surface area (Å²) in [6, 6.07) is 8.86. The number of hydrogen-bond donors (Lipinski definition) is 0. The van der Waals surface area contributed by atoms with Gasteiger partial charge in [0.25, 0.3) is 0 Å². The molecule has 2 saturated carbocycles. The summed E-state index contributed by atoms with van der Waals surface area (Å²) in [4.78, 5) is 15.4. The first-order valence-corrected chi connectivity index (χ1v) is 10.2. The van der Waals surface area contributed by atoms with Gasteiger partial charge in [0.15, 0.2) is 0 Å². The highest BCUT2D eigenvalue weighted by atomic mass is 16.5. The van der Waals surface area contributed by atoms with E-state index in [0.29, 0.717) is 23.8 Å². The Kier molecular flexibility index (Phi) is 5.00. The molecule has 0 radical (unpaired) electrons. The van der Waals surface area contributed by atoms with E-state index < -0.39 is 0 Å². The summed E-state index contributed by atoms with van der Waals surface area (Å²) in [5.41, 5.74) is 1.34. The van der Waals surface area contributed by atoms with Gasteiger partial charge in [-0.2, -0.15) is 0 Å². The van der Waals surface area contributed by atoms with Gasteiger partial charge in [-0.1, -0.05) is 37.8 Å². The third kappa shape index (κ3) is 3.43. The average Bonchev–Trinajstić information content (AvgIpc) is 2.61. The van der Waals surface area contributed by atoms with Crippen LogP contribution in [0.5, 0.6) is 5.75 Å². The number of amides is 1. The molecule has 3 nitrogen and oxygen atoms in total. The minimum atomic E-state index is 0.318. The molecule has 0 N–H and O–H groups in total. The molecule has 3 fully saturated rings. The first-order chi connectivity index (χ1) is 12.3. The number of rotatable bonds is 4. The van der Waals surface area contributed by atoms with E-state index in [1.165, 1.54) is 44.1 Å². The topological polar surface area (TPSA) is 29.5 Å². The molecule has 25 heavy (non-hydrogen) atoms. The summed E-state index contributed by atoms with van der Waals surface area (Å²) in [5.74, 6) is 3.22. The number of nitrogens with zero attached hydrogens (tertiary/aromatic N) is 1. The maximum absolute atomic E-state index is 13.1. The van der Waals surface area contributed by atoms with Gasteiger partial charge in [-0.25, -0.2) is 0 Å². The maximum atomic E-state index is 13.1. The molecular weight excluding hydrogens is 310 g/mol. The van der Waals surface area contributed by atoms with E-state index in [9.17, 15) is 4.79 Å². The second-order valence-electron chi connectivity index (χ2n) is 8.28. The van der Waals surface area contributed by atoms with E-state index in [0.717, 1.165) is 37.5 Å². The highest BCUT2D eigenvalue weighted by molar-refractivity contribution is 5.80. The zero-order chi connectivity index (χ0) is 17.2. The van der Waals surface area contributed by atoms with E-state index in [1.54, 1.807) is 7.11 Å². The molecule has 1 aromatic carbocycles. The van der Waals surface area contributed by atoms with Gasteiger partial charge in [-0.05, 0) is 61.6 Å². The Hall–Kier alpha value is -1.51. The Bertz CT molecular complexity index is 593. The second kappa shape index (κ2) is 7.39. The Labute approximate surface area is 151 Å². The Morgan fingerprint density at radius 3 is 2.48 bits per heavy atom. The molecule has 3 atom stereocenters. The van der Waals surface area contributed by atoms with Crippen LogP contribution in [0.15, 0.2) is 24.3 Å². The van der Waals surface area contributed by atoms with Crippen molar-refractivity contribution < 1.29 is 9.53 Å². The van der Waals surface area contributed by atoms with Crippen molar-refractivity contribution in [1.29, 1.82) is 0 Å². The van der Waals surface area contributed by atoms with Crippen molar-refractivity contribution >= 4 is 5.91 Å². The van der Waals surface area contributed by atoms with Crippen LogP contribution in [0.3, 0.4) is 0 Å². The van der Waals surface area contributed by atoms with Gasteiger partial charge < -0.3 is 9.64 Å². The zero-order valence-corrected chi connectivity index (χ0v) is 15.5. The molecule has 1 saturated heterocycles. The summed E-state index contributed by atoms with van der Waals surface area (Å²) < 4.78 is 5.29. The molecule has 0 bridgehead atoms. The quantitative estimate of drug-likeness (QED) is 0.810. The predicted octanol–water partition coefficient (Wildman–Crippen LogP) is 4.45. The normalized spacial score (nSPS) is 29.6. The Balaban J connectivity index is 1.55. The van der Waals surface area contributed by atoms with E-state index in [-0.39, 0.29) is 0 Å². The highest BCUT2D eigenvalue weighted by Gasteiger charge is 2.43. The predicted molar refractivity (Wildman–Crippen MR) is 99.6 cm³/mol. The number of likely N-dealkylation sites (tertiary alicyclic amines) is 1. The largest absolute Gasteiger partial charge is 0.497 e. The van der Waals surface area contributed by atoms with Crippen molar-refractivity contribution in [3.05, 3.63) is 29.8 Å². The fraction of sp³-hybridized carbons (Fsp3) is 0.682. The molecule has 3 heteroatoms. The van der Waals surface area contributed by atoms with Crippen LogP contribution in [0.1, 0.15) is 56.9 Å². The van der Waals surface area contributed by atoms with E-state index in [4.69, 9.17) is 4.74 Å². The van der Waals surface area contributed by atoms with Gasteiger partial charge in [0.05, 0.1) is 7.11 Å². The SMILES string of the molecule is COc1ccc(CC2C3CCCCC3CCN2C(=O)C2CCC2)cc1. The number of carbonyl (C=O) groups excluding carboxylic acids is 1. The van der Waals surface area contributed by atoms with Crippen molar-refractivity contribution in [2.75, 3.05) is 13.7 Å². The number of benzene rings is 1. The van der Waals surface area contributed by atoms with Crippen LogP contribution >= 0.6 is 0 Å². The lowest BCUT2D eigenvalue weighted by molar-refractivity contribution is -0.145. The smallest absolute Gasteiger partial charge is 0.225 e. The molecule has 1 amide bonds. The number of piperidine rings is 1. The van der Waals surface area contributed by atoms with Crippen molar-refractivity contribution in [3.63, 3.8) is 0 Å². The van der Waals surface area contributed by atoms with Crippen molar-refractivity contribution in [3.8, 4) is 5.75 Å². The fourth-order valence-corrected chi connectivity index (χ4v) is 5.23. The summed E-state index contributed by atoms with van der Waals surface area (Å²) in [6.07, 6.45) is 11.1.